The van der Waals surface area contributed by atoms with Gasteiger partial charge in [0, 0.05) is 24.6 Å². The second-order valence-corrected chi connectivity index (χ2v) is 7.53. The summed E-state index contributed by atoms with van der Waals surface area (Å²) in [6.07, 6.45) is 0.759. The van der Waals surface area contributed by atoms with Gasteiger partial charge in [-0.3, -0.25) is 4.79 Å². The standard InChI is InChI=1S/C14H21BrN4O/c1-13(2,3)12-17-9(15)7-10(18-12)19-6-5-14(4,8-19)11(16)20/h7H,5-6,8H2,1-4H3,(H2,16,20). The van der Waals surface area contributed by atoms with Gasteiger partial charge in [0.15, 0.2) is 0 Å². The van der Waals surface area contributed by atoms with Crippen molar-refractivity contribution in [2.45, 2.75) is 39.5 Å². The second kappa shape index (κ2) is 4.98. The van der Waals surface area contributed by atoms with Crippen LogP contribution in [0.1, 0.15) is 39.9 Å². The minimum atomic E-state index is -0.473. The highest BCUT2D eigenvalue weighted by Crippen LogP contribution is 2.33. The number of carbonyl (C=O) groups excluding carboxylic acids is 1. The number of primary amides is 1. The fraction of sp³-hybridized carbons (Fsp3) is 0.643. The summed E-state index contributed by atoms with van der Waals surface area (Å²) in [5, 5.41) is 0. The minimum Gasteiger partial charge on any atom is -0.369 e. The van der Waals surface area contributed by atoms with Gasteiger partial charge in [0.2, 0.25) is 5.91 Å². The van der Waals surface area contributed by atoms with Crippen LogP contribution in [0.4, 0.5) is 5.82 Å². The van der Waals surface area contributed by atoms with E-state index in [0.29, 0.717) is 6.54 Å². The van der Waals surface area contributed by atoms with Gasteiger partial charge in [0.05, 0.1) is 5.41 Å². The van der Waals surface area contributed by atoms with Crippen molar-refractivity contribution in [2.24, 2.45) is 11.1 Å². The largest absolute Gasteiger partial charge is 0.369 e. The van der Waals surface area contributed by atoms with Crippen molar-refractivity contribution in [3.63, 3.8) is 0 Å². The van der Waals surface area contributed by atoms with Crippen LogP contribution in [0.3, 0.4) is 0 Å². The zero-order valence-corrected chi connectivity index (χ0v) is 14.0. The summed E-state index contributed by atoms with van der Waals surface area (Å²) >= 11 is 3.44. The summed E-state index contributed by atoms with van der Waals surface area (Å²) in [6.45, 7) is 9.54. The Labute approximate surface area is 128 Å². The Kier molecular flexibility index (Phi) is 3.79. The van der Waals surface area contributed by atoms with Crippen LogP contribution in [-0.2, 0) is 10.2 Å². The predicted octanol–water partition coefficient (Wildman–Crippen LogP) is 2.24. The number of hydrogen-bond donors (Lipinski definition) is 1. The number of nitrogens with two attached hydrogens (primary N) is 1. The smallest absolute Gasteiger partial charge is 0.225 e. The Morgan fingerprint density at radius 2 is 2.10 bits per heavy atom. The van der Waals surface area contributed by atoms with E-state index in [1.807, 2.05) is 13.0 Å². The molecule has 1 amide bonds. The van der Waals surface area contributed by atoms with E-state index in [0.717, 1.165) is 29.2 Å². The van der Waals surface area contributed by atoms with Gasteiger partial charge in [0.1, 0.15) is 16.2 Å². The van der Waals surface area contributed by atoms with E-state index < -0.39 is 5.41 Å². The Hall–Kier alpha value is -1.17. The molecule has 0 bridgehead atoms. The predicted molar refractivity (Wildman–Crippen MR) is 82.6 cm³/mol. The number of hydrogen-bond acceptors (Lipinski definition) is 4. The molecule has 0 spiro atoms. The highest BCUT2D eigenvalue weighted by molar-refractivity contribution is 9.10. The monoisotopic (exact) mass is 340 g/mol. The van der Waals surface area contributed by atoms with Gasteiger partial charge in [-0.25, -0.2) is 9.97 Å². The molecular formula is C14H21BrN4O. The molecule has 0 radical (unpaired) electrons. The SMILES string of the molecule is CC1(C(N)=O)CCN(c2cc(Br)nc(C(C)(C)C)n2)C1. The molecule has 1 aliphatic heterocycles. The van der Waals surface area contributed by atoms with Gasteiger partial charge in [-0.15, -0.1) is 0 Å². The van der Waals surface area contributed by atoms with Crippen molar-refractivity contribution >= 4 is 27.7 Å². The lowest BCUT2D eigenvalue weighted by Gasteiger charge is -2.24. The van der Waals surface area contributed by atoms with Crippen LogP contribution in [0.15, 0.2) is 10.7 Å². The maximum absolute atomic E-state index is 11.5. The van der Waals surface area contributed by atoms with Gasteiger partial charge in [-0.1, -0.05) is 20.8 Å². The molecule has 1 aromatic heterocycles. The molecule has 0 aromatic carbocycles. The number of amides is 1. The van der Waals surface area contributed by atoms with Crippen molar-refractivity contribution in [1.29, 1.82) is 0 Å². The Bertz CT molecular complexity index is 540. The molecule has 1 saturated heterocycles. The van der Waals surface area contributed by atoms with Crippen LogP contribution < -0.4 is 10.6 Å². The van der Waals surface area contributed by atoms with E-state index in [9.17, 15) is 4.79 Å². The molecule has 0 aliphatic carbocycles. The van der Waals surface area contributed by atoms with E-state index in [1.54, 1.807) is 0 Å². The molecular weight excluding hydrogens is 320 g/mol. The summed E-state index contributed by atoms with van der Waals surface area (Å²) < 4.78 is 0.764. The normalized spacial score (nSPS) is 23.1. The number of carbonyl (C=O) groups is 1. The molecule has 1 fully saturated rings. The van der Waals surface area contributed by atoms with Crippen LogP contribution in [0, 0.1) is 5.41 Å². The third-order valence-corrected chi connectivity index (χ3v) is 4.15. The minimum absolute atomic E-state index is 0.120. The van der Waals surface area contributed by atoms with Gasteiger partial charge in [-0.05, 0) is 29.3 Å². The lowest BCUT2D eigenvalue weighted by atomic mass is 9.89. The van der Waals surface area contributed by atoms with Gasteiger partial charge < -0.3 is 10.6 Å². The van der Waals surface area contributed by atoms with Gasteiger partial charge >= 0.3 is 0 Å². The lowest BCUT2D eigenvalue weighted by molar-refractivity contribution is -0.125. The number of nitrogens with zero attached hydrogens (tertiary/aromatic N) is 3. The highest BCUT2D eigenvalue weighted by atomic mass is 79.9. The molecule has 1 aromatic rings. The third-order valence-electron chi connectivity index (χ3n) is 3.74. The summed E-state index contributed by atoms with van der Waals surface area (Å²) in [6, 6.07) is 1.89. The first kappa shape index (κ1) is 15.2. The average molecular weight is 341 g/mol. The maximum Gasteiger partial charge on any atom is 0.225 e. The van der Waals surface area contributed by atoms with Gasteiger partial charge in [0.25, 0.3) is 0 Å². The lowest BCUT2D eigenvalue weighted by Crippen LogP contribution is -2.37. The number of rotatable bonds is 2. The van der Waals surface area contributed by atoms with E-state index in [-0.39, 0.29) is 11.3 Å². The first-order valence-electron chi connectivity index (χ1n) is 6.72. The summed E-state index contributed by atoms with van der Waals surface area (Å²) in [4.78, 5) is 22.7. The summed E-state index contributed by atoms with van der Waals surface area (Å²) in [5.41, 5.74) is 4.90. The Balaban J connectivity index is 2.31. The zero-order valence-electron chi connectivity index (χ0n) is 12.4. The zero-order chi connectivity index (χ0) is 15.1. The Morgan fingerprint density at radius 3 is 2.60 bits per heavy atom. The molecule has 1 unspecified atom stereocenters. The van der Waals surface area contributed by atoms with Crippen molar-refractivity contribution in [3.05, 3.63) is 16.5 Å². The fourth-order valence-corrected chi connectivity index (χ4v) is 2.63. The molecule has 110 valence electrons. The number of aromatic nitrogens is 2. The molecule has 20 heavy (non-hydrogen) atoms. The van der Waals surface area contributed by atoms with E-state index >= 15 is 0 Å². The molecule has 0 saturated carbocycles. The van der Waals surface area contributed by atoms with Crippen LogP contribution >= 0.6 is 15.9 Å². The van der Waals surface area contributed by atoms with Crippen molar-refractivity contribution in [1.82, 2.24) is 9.97 Å². The molecule has 2 N–H and O–H groups in total. The molecule has 2 heterocycles. The quantitative estimate of drug-likeness (QED) is 0.838. The van der Waals surface area contributed by atoms with Crippen molar-refractivity contribution in [2.75, 3.05) is 18.0 Å². The van der Waals surface area contributed by atoms with Crippen LogP contribution in [0.5, 0.6) is 0 Å². The van der Waals surface area contributed by atoms with E-state index in [4.69, 9.17) is 5.73 Å². The number of anilines is 1. The first-order chi connectivity index (χ1) is 9.12. The van der Waals surface area contributed by atoms with Gasteiger partial charge in [-0.2, -0.15) is 0 Å². The molecule has 1 aliphatic rings. The van der Waals surface area contributed by atoms with Crippen molar-refractivity contribution < 1.29 is 4.79 Å². The molecule has 2 rings (SSSR count). The second-order valence-electron chi connectivity index (χ2n) is 6.72. The van der Waals surface area contributed by atoms with E-state index in [2.05, 4.69) is 51.6 Å². The molecule has 6 heteroatoms. The van der Waals surface area contributed by atoms with Crippen LogP contribution in [-0.4, -0.2) is 29.0 Å². The molecule has 5 nitrogen and oxygen atoms in total. The first-order valence-corrected chi connectivity index (χ1v) is 7.51. The van der Waals surface area contributed by atoms with Crippen molar-refractivity contribution in [3.8, 4) is 0 Å². The average Bonchev–Trinajstić information content (AvgIpc) is 2.71. The fourth-order valence-electron chi connectivity index (χ4n) is 2.26. The molecule has 1 atom stereocenters. The summed E-state index contributed by atoms with van der Waals surface area (Å²) in [5.74, 6) is 1.39. The third kappa shape index (κ3) is 2.95. The Morgan fingerprint density at radius 1 is 1.45 bits per heavy atom. The van der Waals surface area contributed by atoms with Crippen LogP contribution in [0.2, 0.25) is 0 Å². The topological polar surface area (TPSA) is 72.1 Å². The maximum atomic E-state index is 11.5. The number of halogens is 1. The van der Waals surface area contributed by atoms with E-state index in [1.165, 1.54) is 0 Å². The highest BCUT2D eigenvalue weighted by Gasteiger charge is 2.39. The van der Waals surface area contributed by atoms with Crippen LogP contribution in [0.25, 0.3) is 0 Å². The summed E-state index contributed by atoms with van der Waals surface area (Å²) in [7, 11) is 0.